The topological polar surface area (TPSA) is 85.2 Å². The number of aryl methyl sites for hydroxylation is 1. The van der Waals surface area contributed by atoms with Crippen LogP contribution < -0.4 is 5.32 Å². The zero-order valence-corrected chi connectivity index (χ0v) is 22.7. The van der Waals surface area contributed by atoms with Gasteiger partial charge in [-0.15, -0.1) is 0 Å². The highest BCUT2D eigenvalue weighted by Gasteiger charge is 2.40. The Kier molecular flexibility index (Phi) is 7.61. The van der Waals surface area contributed by atoms with Gasteiger partial charge in [-0.1, -0.05) is 18.2 Å². The number of likely N-dealkylation sites (tertiary alicyclic amines) is 1. The van der Waals surface area contributed by atoms with Crippen LogP contribution in [0.3, 0.4) is 0 Å². The molecule has 0 bridgehead atoms. The summed E-state index contributed by atoms with van der Waals surface area (Å²) in [5, 5.41) is 8.42. The Morgan fingerprint density at radius 1 is 1.18 bits per heavy atom. The standard InChI is InChI=1S/C29H31F3N6O2/c1-5-40-18(3)38-27-22(26(36-38)19-10-11-33-17(2)12-19)13-20(14-34-27)28(39)35-25-16-37(4)15-23(25)21-8-6-7-9-24(21)29(30,31)32/h6-14,18,23,25H,5,15-16H2,1-4H3,(H,35,39)/t18?,23-,25+/m0/s1. The minimum atomic E-state index is -4.48. The average molecular weight is 553 g/mol. The first kappa shape index (κ1) is 27.7. The van der Waals surface area contributed by atoms with Crippen molar-refractivity contribution in [3.8, 4) is 11.3 Å². The second-order valence-corrected chi connectivity index (χ2v) is 10.1. The van der Waals surface area contributed by atoms with Gasteiger partial charge in [0.15, 0.2) is 5.65 Å². The van der Waals surface area contributed by atoms with E-state index in [1.54, 1.807) is 23.0 Å². The van der Waals surface area contributed by atoms with Crippen molar-refractivity contribution in [2.75, 3.05) is 26.7 Å². The predicted octanol–water partition coefficient (Wildman–Crippen LogP) is 5.20. The van der Waals surface area contributed by atoms with Crippen LogP contribution in [0.15, 0.2) is 54.9 Å². The normalized spacial score (nSPS) is 18.8. The number of hydrogen-bond donors (Lipinski definition) is 1. The molecule has 5 rings (SSSR count). The maximum absolute atomic E-state index is 13.8. The molecule has 1 aromatic carbocycles. The van der Waals surface area contributed by atoms with Gasteiger partial charge in [-0.25, -0.2) is 9.67 Å². The van der Waals surface area contributed by atoms with Crippen LogP contribution in [-0.2, 0) is 10.9 Å². The molecular formula is C29H31F3N6O2. The molecular weight excluding hydrogens is 521 g/mol. The number of aromatic nitrogens is 4. The van der Waals surface area contributed by atoms with Gasteiger partial charge >= 0.3 is 6.18 Å². The number of rotatable bonds is 7. The van der Waals surface area contributed by atoms with Crippen molar-refractivity contribution in [2.24, 2.45) is 0 Å². The Hall–Kier alpha value is -3.83. The summed E-state index contributed by atoms with van der Waals surface area (Å²) in [5.41, 5.74) is 2.62. The molecule has 1 saturated heterocycles. The van der Waals surface area contributed by atoms with Crippen LogP contribution in [0.4, 0.5) is 13.2 Å². The minimum Gasteiger partial charge on any atom is -0.357 e. The largest absolute Gasteiger partial charge is 0.416 e. The predicted molar refractivity (Wildman–Crippen MR) is 145 cm³/mol. The molecule has 1 N–H and O–H groups in total. The molecule has 0 aliphatic carbocycles. The average Bonchev–Trinajstić information content (AvgIpc) is 3.48. The third kappa shape index (κ3) is 5.44. The summed E-state index contributed by atoms with van der Waals surface area (Å²) in [6.07, 6.45) is -1.71. The molecule has 0 spiro atoms. The second kappa shape index (κ2) is 11.0. The third-order valence-electron chi connectivity index (χ3n) is 7.22. The number of benzene rings is 1. The summed E-state index contributed by atoms with van der Waals surface area (Å²) in [5.74, 6) is -0.930. The van der Waals surface area contributed by atoms with Gasteiger partial charge in [0, 0.05) is 60.7 Å². The Morgan fingerprint density at radius 2 is 1.95 bits per heavy atom. The van der Waals surface area contributed by atoms with Crippen LogP contribution >= 0.6 is 0 Å². The maximum atomic E-state index is 13.8. The number of likely N-dealkylation sites (N-methyl/N-ethyl adjacent to an activating group) is 1. The van der Waals surface area contributed by atoms with Crippen molar-refractivity contribution in [1.82, 2.24) is 30.0 Å². The highest BCUT2D eigenvalue weighted by atomic mass is 19.4. The Labute approximate surface area is 230 Å². The fraction of sp³-hybridized carbons (Fsp3) is 0.379. The van der Waals surface area contributed by atoms with E-state index in [1.807, 2.05) is 44.9 Å². The fourth-order valence-electron chi connectivity index (χ4n) is 5.41. The van der Waals surface area contributed by atoms with Gasteiger partial charge in [-0.05, 0) is 57.6 Å². The number of nitrogens with one attached hydrogen (secondary N) is 1. The number of nitrogens with zero attached hydrogens (tertiary/aromatic N) is 5. The van der Waals surface area contributed by atoms with Gasteiger partial charge in [0.25, 0.3) is 5.91 Å². The van der Waals surface area contributed by atoms with E-state index in [4.69, 9.17) is 9.84 Å². The van der Waals surface area contributed by atoms with Crippen molar-refractivity contribution in [3.05, 3.63) is 77.2 Å². The quantitative estimate of drug-likeness (QED) is 0.339. The van der Waals surface area contributed by atoms with E-state index in [9.17, 15) is 18.0 Å². The molecule has 1 amide bonds. The lowest BCUT2D eigenvalue weighted by Gasteiger charge is -2.23. The number of carbonyl (C=O) groups is 1. The van der Waals surface area contributed by atoms with Crippen LogP contribution in [0.5, 0.6) is 0 Å². The van der Waals surface area contributed by atoms with Crippen molar-refractivity contribution in [1.29, 1.82) is 0 Å². The Morgan fingerprint density at radius 3 is 2.67 bits per heavy atom. The van der Waals surface area contributed by atoms with E-state index in [1.165, 1.54) is 18.3 Å². The van der Waals surface area contributed by atoms with E-state index in [2.05, 4.69) is 15.3 Å². The number of pyridine rings is 2. The van der Waals surface area contributed by atoms with Gasteiger partial charge < -0.3 is 15.0 Å². The van der Waals surface area contributed by atoms with Crippen LogP contribution in [0.1, 0.15) is 53.2 Å². The summed E-state index contributed by atoms with van der Waals surface area (Å²) in [6, 6.07) is 10.5. The summed E-state index contributed by atoms with van der Waals surface area (Å²) < 4.78 is 48.8. The highest BCUT2D eigenvalue weighted by molar-refractivity contribution is 6.00. The molecule has 40 heavy (non-hydrogen) atoms. The number of ether oxygens (including phenoxy) is 1. The van der Waals surface area contributed by atoms with E-state index in [-0.39, 0.29) is 11.8 Å². The maximum Gasteiger partial charge on any atom is 0.416 e. The molecule has 1 unspecified atom stereocenters. The third-order valence-corrected chi connectivity index (χ3v) is 7.22. The van der Waals surface area contributed by atoms with Crippen LogP contribution in [-0.4, -0.2) is 63.3 Å². The van der Waals surface area contributed by atoms with Crippen molar-refractivity contribution >= 4 is 16.9 Å². The van der Waals surface area contributed by atoms with E-state index < -0.39 is 29.6 Å². The van der Waals surface area contributed by atoms with E-state index in [0.717, 1.165) is 17.3 Å². The van der Waals surface area contributed by atoms with Gasteiger partial charge in [0.1, 0.15) is 11.9 Å². The zero-order valence-electron chi connectivity index (χ0n) is 22.7. The Bertz CT molecular complexity index is 1540. The van der Waals surface area contributed by atoms with Gasteiger partial charge in [-0.2, -0.15) is 18.3 Å². The molecule has 0 radical (unpaired) electrons. The summed E-state index contributed by atoms with van der Waals surface area (Å²) >= 11 is 0. The van der Waals surface area contributed by atoms with Gasteiger partial charge in [0.2, 0.25) is 0 Å². The molecule has 11 heteroatoms. The number of fused-ring (bicyclic) bond motifs is 1. The van der Waals surface area contributed by atoms with E-state index in [0.29, 0.717) is 42.0 Å². The number of amides is 1. The first-order valence-electron chi connectivity index (χ1n) is 13.1. The number of hydrogen-bond acceptors (Lipinski definition) is 6. The molecule has 4 heterocycles. The molecule has 1 aliphatic rings. The van der Waals surface area contributed by atoms with Gasteiger partial charge in [0.05, 0.1) is 11.1 Å². The molecule has 1 fully saturated rings. The first-order valence-corrected chi connectivity index (χ1v) is 13.1. The molecule has 8 nitrogen and oxygen atoms in total. The summed E-state index contributed by atoms with van der Waals surface area (Å²) in [4.78, 5) is 24.3. The van der Waals surface area contributed by atoms with Crippen LogP contribution in [0, 0.1) is 6.92 Å². The fourth-order valence-corrected chi connectivity index (χ4v) is 5.41. The smallest absolute Gasteiger partial charge is 0.357 e. The molecule has 1 aliphatic heterocycles. The summed E-state index contributed by atoms with van der Waals surface area (Å²) in [7, 11) is 1.83. The lowest BCUT2D eigenvalue weighted by Crippen LogP contribution is -2.40. The van der Waals surface area contributed by atoms with Crippen LogP contribution in [0.2, 0.25) is 0 Å². The number of carbonyl (C=O) groups excluding carboxylic acids is 1. The highest BCUT2D eigenvalue weighted by Crippen LogP contribution is 2.38. The molecule has 3 atom stereocenters. The zero-order chi connectivity index (χ0) is 28.6. The summed E-state index contributed by atoms with van der Waals surface area (Å²) in [6.45, 7) is 6.95. The van der Waals surface area contributed by atoms with Crippen LogP contribution in [0.25, 0.3) is 22.3 Å². The minimum absolute atomic E-state index is 0.180. The first-order chi connectivity index (χ1) is 19.1. The van der Waals surface area contributed by atoms with Crippen molar-refractivity contribution in [2.45, 2.75) is 45.1 Å². The number of halogens is 3. The van der Waals surface area contributed by atoms with Crippen molar-refractivity contribution in [3.63, 3.8) is 0 Å². The van der Waals surface area contributed by atoms with Gasteiger partial charge in [-0.3, -0.25) is 9.78 Å². The monoisotopic (exact) mass is 552 g/mol. The molecule has 0 saturated carbocycles. The molecule has 210 valence electrons. The lowest BCUT2D eigenvalue weighted by atomic mass is 9.90. The Balaban J connectivity index is 1.50. The SMILES string of the molecule is CCOC(C)n1nc(-c2ccnc(C)c2)c2cc(C(=O)N[C@@H]3CN(C)C[C@H]3c3ccccc3C(F)(F)F)cnc21. The lowest BCUT2D eigenvalue weighted by molar-refractivity contribution is -0.138. The second-order valence-electron chi connectivity index (χ2n) is 10.1. The number of alkyl halides is 3. The van der Waals surface area contributed by atoms with E-state index >= 15 is 0 Å². The van der Waals surface area contributed by atoms with Crippen molar-refractivity contribution < 1.29 is 22.7 Å². The molecule has 4 aromatic rings. The molecule has 3 aromatic heterocycles.